The van der Waals surface area contributed by atoms with Gasteiger partial charge in [0.25, 0.3) is 0 Å². The van der Waals surface area contributed by atoms with Gasteiger partial charge in [0.05, 0.1) is 15.1 Å². The molecule has 1 N–H and O–H groups in total. The molecule has 0 heterocycles. The van der Waals surface area contributed by atoms with Crippen LogP contribution in [0.3, 0.4) is 0 Å². The van der Waals surface area contributed by atoms with Crippen LogP contribution in [0.1, 0.15) is 20.3 Å². The lowest BCUT2D eigenvalue weighted by Crippen LogP contribution is -2.25. The first kappa shape index (κ1) is 16.1. The molecule has 0 amide bonds. The van der Waals surface area contributed by atoms with Gasteiger partial charge in [0.15, 0.2) is 0 Å². The number of hydrogen-bond donors (Lipinski definition) is 1. The summed E-state index contributed by atoms with van der Waals surface area (Å²) < 4.78 is 26.5. The lowest BCUT2D eigenvalue weighted by atomic mass is 10.1. The van der Waals surface area contributed by atoms with Crippen LogP contribution in [-0.4, -0.2) is 15.0 Å². The highest BCUT2D eigenvalue weighted by Crippen LogP contribution is 2.31. The Morgan fingerprint density at radius 1 is 1.11 bits per heavy atom. The molecule has 1 aromatic rings. The van der Waals surface area contributed by atoms with E-state index in [1.54, 1.807) is 0 Å². The molecular weight excluding hydrogens is 317 g/mol. The van der Waals surface area contributed by atoms with Gasteiger partial charge < -0.3 is 0 Å². The molecule has 1 aromatic carbocycles. The number of hydrogen-bond acceptors (Lipinski definition) is 2. The molecule has 102 valence electrons. The van der Waals surface area contributed by atoms with Gasteiger partial charge in [0, 0.05) is 6.54 Å². The molecule has 7 heteroatoms. The van der Waals surface area contributed by atoms with E-state index in [-0.39, 0.29) is 20.0 Å². The largest absolute Gasteiger partial charge is 0.242 e. The maximum absolute atomic E-state index is 12.0. The second-order valence-corrected chi connectivity index (χ2v) is 7.23. The summed E-state index contributed by atoms with van der Waals surface area (Å²) in [5.74, 6) is 0.414. The first-order valence-corrected chi connectivity index (χ1v) is 8.00. The Kier molecular flexibility index (Phi) is 5.74. The topological polar surface area (TPSA) is 46.2 Å². The average Bonchev–Trinajstić information content (AvgIpc) is 2.22. The molecule has 0 radical (unpaired) electrons. The molecule has 18 heavy (non-hydrogen) atoms. The fraction of sp³-hybridized carbons (Fsp3) is 0.455. The predicted molar refractivity (Wildman–Crippen MR) is 76.1 cm³/mol. The van der Waals surface area contributed by atoms with Crippen molar-refractivity contribution in [3.8, 4) is 0 Å². The molecule has 0 saturated carbocycles. The molecule has 1 rings (SSSR count). The molecule has 0 spiro atoms. The zero-order valence-electron chi connectivity index (χ0n) is 10.0. The van der Waals surface area contributed by atoms with E-state index in [2.05, 4.69) is 4.72 Å². The van der Waals surface area contributed by atoms with E-state index in [9.17, 15) is 8.42 Å². The van der Waals surface area contributed by atoms with Gasteiger partial charge in [-0.05, 0) is 24.5 Å². The van der Waals surface area contributed by atoms with Crippen LogP contribution in [-0.2, 0) is 10.0 Å². The summed E-state index contributed by atoms with van der Waals surface area (Å²) in [5, 5.41) is 0.439. The number of nitrogens with one attached hydrogen (secondary N) is 1. The van der Waals surface area contributed by atoms with Crippen LogP contribution < -0.4 is 4.72 Å². The van der Waals surface area contributed by atoms with Crippen molar-refractivity contribution in [3.63, 3.8) is 0 Å². The first-order chi connectivity index (χ1) is 8.24. The Morgan fingerprint density at radius 3 is 2.22 bits per heavy atom. The Morgan fingerprint density at radius 2 is 1.67 bits per heavy atom. The van der Waals surface area contributed by atoms with Gasteiger partial charge >= 0.3 is 0 Å². The summed E-state index contributed by atoms with van der Waals surface area (Å²) in [5.41, 5.74) is 0. The zero-order chi connectivity index (χ0) is 13.9. The summed E-state index contributed by atoms with van der Waals surface area (Å²) in [6, 6.07) is 2.58. The van der Waals surface area contributed by atoms with Crippen LogP contribution in [0.4, 0.5) is 0 Å². The highest BCUT2D eigenvalue weighted by atomic mass is 35.5. The van der Waals surface area contributed by atoms with Crippen molar-refractivity contribution in [1.82, 2.24) is 4.72 Å². The quantitative estimate of drug-likeness (QED) is 0.830. The highest BCUT2D eigenvalue weighted by molar-refractivity contribution is 7.89. The number of rotatable bonds is 5. The summed E-state index contributed by atoms with van der Waals surface area (Å²) in [6.07, 6.45) is 0.748. The SMILES string of the molecule is CC(C)CCNS(=O)(=O)c1cc(Cl)c(Cl)cc1Cl. The lowest BCUT2D eigenvalue weighted by Gasteiger charge is -2.10. The normalized spacial score (nSPS) is 12.1. The van der Waals surface area contributed by atoms with Gasteiger partial charge in [0.2, 0.25) is 10.0 Å². The van der Waals surface area contributed by atoms with Crippen molar-refractivity contribution in [2.75, 3.05) is 6.54 Å². The van der Waals surface area contributed by atoms with E-state index in [0.717, 1.165) is 6.42 Å². The third-order valence-corrected chi connectivity index (χ3v) is 4.93. The Labute approximate surface area is 122 Å². The molecule has 0 aliphatic rings. The molecule has 0 atom stereocenters. The van der Waals surface area contributed by atoms with Crippen LogP contribution in [0.15, 0.2) is 17.0 Å². The van der Waals surface area contributed by atoms with Crippen LogP contribution >= 0.6 is 34.8 Å². The second kappa shape index (κ2) is 6.44. The van der Waals surface area contributed by atoms with Crippen LogP contribution in [0.25, 0.3) is 0 Å². The molecule has 3 nitrogen and oxygen atoms in total. The average molecular weight is 331 g/mol. The van der Waals surface area contributed by atoms with Crippen molar-refractivity contribution in [1.29, 1.82) is 0 Å². The van der Waals surface area contributed by atoms with Crippen molar-refractivity contribution in [2.45, 2.75) is 25.2 Å². The molecular formula is C11H14Cl3NO2S. The molecule has 0 aliphatic carbocycles. The third-order valence-electron chi connectivity index (χ3n) is 2.28. The van der Waals surface area contributed by atoms with Crippen molar-refractivity contribution in [2.24, 2.45) is 5.92 Å². The van der Waals surface area contributed by atoms with Crippen molar-refractivity contribution < 1.29 is 8.42 Å². The number of halogens is 3. The Hall–Kier alpha value is -0.000000000000000111. The van der Waals surface area contributed by atoms with E-state index in [0.29, 0.717) is 12.5 Å². The maximum Gasteiger partial charge on any atom is 0.242 e. The van der Waals surface area contributed by atoms with E-state index >= 15 is 0 Å². The maximum atomic E-state index is 12.0. The third kappa shape index (κ3) is 4.28. The van der Waals surface area contributed by atoms with Crippen LogP contribution in [0.5, 0.6) is 0 Å². The lowest BCUT2D eigenvalue weighted by molar-refractivity contribution is 0.551. The van der Waals surface area contributed by atoms with Gasteiger partial charge in [-0.1, -0.05) is 48.7 Å². The minimum Gasteiger partial charge on any atom is -0.211 e. The van der Waals surface area contributed by atoms with Gasteiger partial charge in [-0.15, -0.1) is 0 Å². The van der Waals surface area contributed by atoms with Crippen LogP contribution in [0.2, 0.25) is 15.1 Å². The van der Waals surface area contributed by atoms with E-state index in [1.807, 2.05) is 13.8 Å². The fourth-order valence-electron chi connectivity index (χ4n) is 1.27. The Balaban J connectivity index is 2.95. The number of sulfonamides is 1. The predicted octanol–water partition coefficient (Wildman–Crippen LogP) is 3.97. The molecule has 0 aromatic heterocycles. The van der Waals surface area contributed by atoms with Gasteiger partial charge in [-0.3, -0.25) is 0 Å². The van der Waals surface area contributed by atoms with Crippen LogP contribution in [0, 0.1) is 5.92 Å². The van der Waals surface area contributed by atoms with E-state index in [1.165, 1.54) is 12.1 Å². The minimum absolute atomic E-state index is 0.0534. The van der Waals surface area contributed by atoms with Gasteiger partial charge in [-0.25, -0.2) is 13.1 Å². The highest BCUT2D eigenvalue weighted by Gasteiger charge is 2.19. The second-order valence-electron chi connectivity index (χ2n) is 4.28. The van der Waals surface area contributed by atoms with Gasteiger partial charge in [-0.2, -0.15) is 0 Å². The molecule has 0 unspecified atom stereocenters. The molecule has 0 saturated heterocycles. The monoisotopic (exact) mass is 329 g/mol. The van der Waals surface area contributed by atoms with E-state index in [4.69, 9.17) is 34.8 Å². The summed E-state index contributed by atoms with van der Waals surface area (Å²) in [7, 11) is -3.65. The fourth-order valence-corrected chi connectivity index (χ4v) is 3.32. The minimum atomic E-state index is -3.65. The Bertz CT molecular complexity index is 529. The standard InChI is InChI=1S/C11H14Cl3NO2S/c1-7(2)3-4-15-18(16,17)11-6-9(13)8(12)5-10(11)14/h5-7,15H,3-4H2,1-2H3. The number of benzene rings is 1. The zero-order valence-corrected chi connectivity index (χ0v) is 13.1. The molecule has 0 aliphatic heterocycles. The molecule has 0 fully saturated rings. The summed E-state index contributed by atoms with van der Waals surface area (Å²) >= 11 is 17.4. The first-order valence-electron chi connectivity index (χ1n) is 5.38. The van der Waals surface area contributed by atoms with Crippen molar-refractivity contribution >= 4 is 44.8 Å². The summed E-state index contributed by atoms with van der Waals surface area (Å²) in [6.45, 7) is 4.39. The summed E-state index contributed by atoms with van der Waals surface area (Å²) in [4.78, 5) is -0.0534. The van der Waals surface area contributed by atoms with Crippen molar-refractivity contribution in [3.05, 3.63) is 27.2 Å². The van der Waals surface area contributed by atoms with Gasteiger partial charge in [0.1, 0.15) is 4.90 Å². The van der Waals surface area contributed by atoms with E-state index < -0.39 is 10.0 Å². The smallest absolute Gasteiger partial charge is 0.211 e. The molecule has 0 bridgehead atoms.